The van der Waals surface area contributed by atoms with Gasteiger partial charge in [0.05, 0.1) is 11.5 Å². The molecule has 0 bridgehead atoms. The molecule has 2 N–H and O–H groups in total. The normalized spacial score (nSPS) is 11.4. The van der Waals surface area contributed by atoms with Crippen LogP contribution in [0.3, 0.4) is 0 Å². The number of nitrogens with one attached hydrogen (secondary N) is 2. The van der Waals surface area contributed by atoms with Gasteiger partial charge in [-0.3, -0.25) is 14.4 Å². The third-order valence-electron chi connectivity index (χ3n) is 3.58. The van der Waals surface area contributed by atoms with E-state index in [0.717, 1.165) is 17.3 Å². The lowest BCUT2D eigenvalue weighted by molar-refractivity contribution is -0.150. The molecule has 148 valence electrons. The van der Waals surface area contributed by atoms with Crippen LogP contribution in [-0.4, -0.2) is 35.4 Å². The molecule has 0 fully saturated rings. The van der Waals surface area contributed by atoms with Gasteiger partial charge in [0, 0.05) is 16.4 Å². The van der Waals surface area contributed by atoms with E-state index in [4.69, 9.17) is 16.3 Å². The lowest BCUT2D eigenvalue weighted by atomic mass is 10.2. The Hall–Kier alpha value is -2.51. The Bertz CT molecular complexity index is 825. The third-order valence-corrected chi connectivity index (χ3v) is 4.74. The van der Waals surface area contributed by atoms with Crippen LogP contribution in [0.4, 0.5) is 11.4 Å². The second-order valence-electron chi connectivity index (χ2n) is 6.04. The Balaban J connectivity index is 1.68. The Labute approximate surface area is 173 Å². The molecule has 0 aromatic heterocycles. The number of hydrogen-bond acceptors (Lipinski definition) is 5. The fraction of sp³-hybridized carbons (Fsp3) is 0.250. The number of carbonyl (C=O) groups is 3. The van der Waals surface area contributed by atoms with Crippen molar-refractivity contribution in [3.8, 4) is 0 Å². The Morgan fingerprint density at radius 3 is 2.18 bits per heavy atom. The molecule has 1 atom stereocenters. The summed E-state index contributed by atoms with van der Waals surface area (Å²) < 4.78 is 5.10. The summed E-state index contributed by atoms with van der Waals surface area (Å²) in [6.45, 7) is 3.45. The molecule has 2 rings (SSSR count). The molecule has 2 amide bonds. The van der Waals surface area contributed by atoms with Crippen molar-refractivity contribution in [1.82, 2.24) is 0 Å². The Kier molecular flexibility index (Phi) is 8.35. The summed E-state index contributed by atoms with van der Waals surface area (Å²) in [4.78, 5) is 35.8. The molecule has 0 aliphatic heterocycles. The molecule has 6 nitrogen and oxygen atoms in total. The maximum atomic E-state index is 12.1. The predicted molar refractivity (Wildman–Crippen MR) is 113 cm³/mol. The number of benzene rings is 2. The highest BCUT2D eigenvalue weighted by Crippen LogP contribution is 2.14. The molecule has 0 aliphatic carbocycles. The maximum Gasteiger partial charge on any atom is 0.316 e. The summed E-state index contributed by atoms with van der Waals surface area (Å²) in [5.41, 5.74) is 2.33. The quantitative estimate of drug-likeness (QED) is 0.633. The summed E-state index contributed by atoms with van der Waals surface area (Å²) in [7, 11) is 0. The van der Waals surface area contributed by atoms with Crippen LogP contribution in [0, 0.1) is 6.92 Å². The van der Waals surface area contributed by atoms with Gasteiger partial charge in [-0.25, -0.2) is 0 Å². The molecule has 0 saturated carbocycles. The van der Waals surface area contributed by atoms with Crippen molar-refractivity contribution in [2.75, 3.05) is 22.1 Å². The lowest BCUT2D eigenvalue weighted by Gasteiger charge is -2.13. The highest BCUT2D eigenvalue weighted by atomic mass is 35.5. The Morgan fingerprint density at radius 2 is 1.54 bits per heavy atom. The highest BCUT2D eigenvalue weighted by Gasteiger charge is 2.18. The lowest BCUT2D eigenvalue weighted by Crippen LogP contribution is -2.30. The molecule has 2 aromatic rings. The maximum absolute atomic E-state index is 12.1. The van der Waals surface area contributed by atoms with E-state index in [2.05, 4.69) is 10.6 Å². The van der Waals surface area contributed by atoms with Gasteiger partial charge in [0.15, 0.2) is 6.10 Å². The molecule has 0 aliphatic rings. The van der Waals surface area contributed by atoms with Crippen LogP contribution < -0.4 is 10.6 Å². The number of hydrogen-bond donors (Lipinski definition) is 2. The van der Waals surface area contributed by atoms with Crippen LogP contribution in [-0.2, 0) is 19.1 Å². The first-order valence-electron chi connectivity index (χ1n) is 8.53. The molecule has 0 spiro atoms. The molecule has 0 radical (unpaired) electrons. The van der Waals surface area contributed by atoms with Gasteiger partial charge in [-0.15, -0.1) is 11.8 Å². The van der Waals surface area contributed by atoms with Crippen LogP contribution in [0.25, 0.3) is 0 Å². The van der Waals surface area contributed by atoms with Crippen molar-refractivity contribution in [3.05, 3.63) is 59.1 Å². The average molecular weight is 421 g/mol. The van der Waals surface area contributed by atoms with Crippen molar-refractivity contribution < 1.29 is 19.1 Å². The van der Waals surface area contributed by atoms with Gasteiger partial charge in [0.2, 0.25) is 5.91 Å². The van der Waals surface area contributed by atoms with E-state index in [1.54, 1.807) is 36.4 Å². The van der Waals surface area contributed by atoms with Crippen molar-refractivity contribution in [2.24, 2.45) is 0 Å². The zero-order valence-electron chi connectivity index (χ0n) is 15.5. The molecule has 28 heavy (non-hydrogen) atoms. The van der Waals surface area contributed by atoms with Crippen molar-refractivity contribution in [2.45, 2.75) is 20.0 Å². The fourth-order valence-electron chi connectivity index (χ4n) is 2.12. The van der Waals surface area contributed by atoms with E-state index >= 15 is 0 Å². The topological polar surface area (TPSA) is 84.5 Å². The van der Waals surface area contributed by atoms with Gasteiger partial charge >= 0.3 is 5.97 Å². The van der Waals surface area contributed by atoms with Gasteiger partial charge in [0.1, 0.15) is 0 Å². The predicted octanol–water partition coefficient (Wildman–Crippen LogP) is 3.89. The Morgan fingerprint density at radius 1 is 0.964 bits per heavy atom. The monoisotopic (exact) mass is 420 g/mol. The molecule has 2 aromatic carbocycles. The van der Waals surface area contributed by atoms with E-state index in [9.17, 15) is 14.4 Å². The minimum absolute atomic E-state index is 0.0316. The molecular formula is C20H21ClN2O4S. The van der Waals surface area contributed by atoms with Gasteiger partial charge in [-0.1, -0.05) is 29.3 Å². The number of aryl methyl sites for hydroxylation is 1. The molecule has 0 unspecified atom stereocenters. The number of ether oxygens (including phenoxy) is 1. The molecular weight excluding hydrogens is 400 g/mol. The van der Waals surface area contributed by atoms with Gasteiger partial charge < -0.3 is 15.4 Å². The van der Waals surface area contributed by atoms with Crippen LogP contribution in [0.5, 0.6) is 0 Å². The standard InChI is InChI=1S/C20H21ClN2O4S/c1-13-3-7-17(8-4-13)23-20(26)14(2)27-19(25)12-28-11-18(24)22-16-9-5-15(21)6-10-16/h3-10,14H,11-12H2,1-2H3,(H,22,24)(H,23,26)/t14-/m1/s1. The van der Waals surface area contributed by atoms with Crippen molar-refractivity contribution in [3.63, 3.8) is 0 Å². The van der Waals surface area contributed by atoms with Crippen LogP contribution in [0.15, 0.2) is 48.5 Å². The van der Waals surface area contributed by atoms with Crippen LogP contribution >= 0.6 is 23.4 Å². The highest BCUT2D eigenvalue weighted by molar-refractivity contribution is 8.00. The number of anilines is 2. The number of carbonyl (C=O) groups excluding carboxylic acids is 3. The van der Waals surface area contributed by atoms with Gasteiger partial charge in [0.25, 0.3) is 5.91 Å². The second-order valence-corrected chi connectivity index (χ2v) is 7.46. The minimum atomic E-state index is -0.933. The SMILES string of the molecule is Cc1ccc(NC(=O)[C@@H](C)OC(=O)CSCC(=O)Nc2ccc(Cl)cc2)cc1. The third kappa shape index (κ3) is 7.62. The first-order valence-corrected chi connectivity index (χ1v) is 10.1. The number of halogens is 1. The zero-order chi connectivity index (χ0) is 20.5. The van der Waals surface area contributed by atoms with Gasteiger partial charge in [-0.05, 0) is 50.2 Å². The summed E-state index contributed by atoms with van der Waals surface area (Å²) in [6, 6.07) is 14.0. The van der Waals surface area contributed by atoms with Crippen molar-refractivity contribution >= 4 is 52.5 Å². The van der Waals surface area contributed by atoms with E-state index in [0.29, 0.717) is 16.4 Å². The molecule has 0 heterocycles. The fourth-order valence-corrected chi connectivity index (χ4v) is 2.84. The average Bonchev–Trinajstić information content (AvgIpc) is 2.65. The number of rotatable bonds is 8. The number of esters is 1. The smallest absolute Gasteiger partial charge is 0.316 e. The summed E-state index contributed by atoms with van der Waals surface area (Å²) in [5, 5.41) is 5.96. The second kappa shape index (κ2) is 10.7. The van der Waals surface area contributed by atoms with Crippen molar-refractivity contribution in [1.29, 1.82) is 0 Å². The van der Waals surface area contributed by atoms with Gasteiger partial charge in [-0.2, -0.15) is 0 Å². The van der Waals surface area contributed by atoms with E-state index < -0.39 is 18.0 Å². The summed E-state index contributed by atoms with van der Waals surface area (Å²) in [6.07, 6.45) is -0.933. The van der Waals surface area contributed by atoms with Crippen LogP contribution in [0.2, 0.25) is 5.02 Å². The number of thioether (sulfide) groups is 1. The van der Waals surface area contributed by atoms with E-state index in [-0.39, 0.29) is 17.4 Å². The zero-order valence-corrected chi connectivity index (χ0v) is 17.1. The van der Waals surface area contributed by atoms with E-state index in [1.807, 2.05) is 19.1 Å². The molecule has 8 heteroatoms. The van der Waals surface area contributed by atoms with Crippen LogP contribution in [0.1, 0.15) is 12.5 Å². The molecule has 0 saturated heterocycles. The van der Waals surface area contributed by atoms with E-state index in [1.165, 1.54) is 6.92 Å². The largest absolute Gasteiger partial charge is 0.452 e. The number of amides is 2. The minimum Gasteiger partial charge on any atom is -0.452 e. The summed E-state index contributed by atoms with van der Waals surface area (Å²) >= 11 is 6.89. The first-order chi connectivity index (χ1) is 13.3. The summed E-state index contributed by atoms with van der Waals surface area (Å²) in [5.74, 6) is -1.17. The first kappa shape index (κ1) is 21.8.